The molecular weight excluding hydrogens is 460 g/mol. The molecule has 1 fully saturated rings. The van der Waals surface area contributed by atoms with E-state index in [1.165, 1.54) is 4.90 Å². The maximum atomic E-state index is 13.9. The van der Waals surface area contributed by atoms with E-state index in [0.717, 1.165) is 5.56 Å². The molecule has 5 nitrogen and oxygen atoms in total. The Kier molecular flexibility index (Phi) is 7.79. The van der Waals surface area contributed by atoms with Crippen molar-refractivity contribution in [3.05, 3.63) is 107 Å². The summed E-state index contributed by atoms with van der Waals surface area (Å²) in [7, 11) is 3.42. The van der Waals surface area contributed by atoms with E-state index >= 15 is 0 Å². The van der Waals surface area contributed by atoms with Crippen LogP contribution >= 0.6 is 11.6 Å². The smallest absolute Gasteiger partial charge is 0.236 e. The molecule has 6 heteroatoms. The number of nitrogens with zero attached hydrogens (tertiary/aromatic N) is 2. The minimum Gasteiger partial charge on any atom is -0.348 e. The first kappa shape index (κ1) is 24.8. The summed E-state index contributed by atoms with van der Waals surface area (Å²) in [5.74, 6) is -1.47. The van der Waals surface area contributed by atoms with Crippen molar-refractivity contribution in [2.45, 2.75) is 5.92 Å². The van der Waals surface area contributed by atoms with Crippen LogP contribution in [-0.2, 0) is 4.79 Å². The van der Waals surface area contributed by atoms with Crippen LogP contribution in [0, 0.1) is 11.8 Å². The van der Waals surface area contributed by atoms with Gasteiger partial charge in [-0.1, -0.05) is 84.4 Å². The molecule has 0 saturated carbocycles. The van der Waals surface area contributed by atoms with E-state index in [4.69, 9.17) is 11.6 Å². The number of carbonyl (C=O) groups excluding carboxylic acids is 3. The summed E-state index contributed by atoms with van der Waals surface area (Å²) in [4.78, 5) is 43.8. The maximum Gasteiger partial charge on any atom is 0.236 e. The normalized spacial score (nSPS) is 20.3. The zero-order chi connectivity index (χ0) is 24.9. The van der Waals surface area contributed by atoms with E-state index in [0.29, 0.717) is 29.2 Å². The van der Waals surface area contributed by atoms with E-state index in [1.54, 1.807) is 50.5 Å². The van der Waals surface area contributed by atoms with Gasteiger partial charge in [0.15, 0.2) is 11.6 Å². The summed E-state index contributed by atoms with van der Waals surface area (Å²) in [5, 5.41) is 0.597. The Morgan fingerprint density at radius 3 is 1.66 bits per heavy atom. The minimum atomic E-state index is -0.500. The van der Waals surface area contributed by atoms with Crippen LogP contribution in [0.3, 0.4) is 0 Å². The van der Waals surface area contributed by atoms with Gasteiger partial charge in [-0.3, -0.25) is 19.3 Å². The van der Waals surface area contributed by atoms with Crippen molar-refractivity contribution in [1.82, 2.24) is 9.80 Å². The molecule has 0 aromatic heterocycles. The Morgan fingerprint density at radius 1 is 0.771 bits per heavy atom. The van der Waals surface area contributed by atoms with Crippen LogP contribution in [0.25, 0.3) is 0 Å². The molecule has 1 saturated heterocycles. The molecule has 3 aromatic rings. The van der Waals surface area contributed by atoms with E-state index in [1.807, 2.05) is 53.4 Å². The third kappa shape index (κ3) is 5.69. The number of benzene rings is 3. The van der Waals surface area contributed by atoms with Gasteiger partial charge in [-0.05, 0) is 17.7 Å². The number of hydrogen-bond acceptors (Lipinski definition) is 4. The molecule has 0 radical (unpaired) electrons. The van der Waals surface area contributed by atoms with Crippen LogP contribution in [0.1, 0.15) is 32.2 Å². The molecule has 0 aliphatic carbocycles. The summed E-state index contributed by atoms with van der Waals surface area (Å²) in [6, 6.07) is 25.7. The topological polar surface area (TPSA) is 57.7 Å². The van der Waals surface area contributed by atoms with E-state index in [-0.39, 0.29) is 29.9 Å². The van der Waals surface area contributed by atoms with Crippen molar-refractivity contribution in [2.75, 3.05) is 33.7 Å². The number of rotatable bonds is 7. The average Bonchev–Trinajstić information content (AvgIpc) is 2.89. The van der Waals surface area contributed by atoms with Gasteiger partial charge in [0.2, 0.25) is 5.91 Å². The Labute approximate surface area is 211 Å². The highest BCUT2D eigenvalue weighted by Gasteiger charge is 2.45. The predicted molar refractivity (Wildman–Crippen MR) is 138 cm³/mol. The molecule has 1 aliphatic heterocycles. The number of ketones is 2. The van der Waals surface area contributed by atoms with Crippen molar-refractivity contribution in [1.29, 1.82) is 0 Å². The van der Waals surface area contributed by atoms with Gasteiger partial charge >= 0.3 is 0 Å². The molecule has 0 spiro atoms. The van der Waals surface area contributed by atoms with Crippen LogP contribution in [0.5, 0.6) is 0 Å². The summed E-state index contributed by atoms with van der Waals surface area (Å²) in [6.07, 6.45) is 0. The predicted octanol–water partition coefficient (Wildman–Crippen LogP) is 4.83. The number of halogens is 1. The monoisotopic (exact) mass is 488 g/mol. The van der Waals surface area contributed by atoms with E-state index in [9.17, 15) is 14.4 Å². The fourth-order valence-electron chi connectivity index (χ4n) is 4.87. The second-order valence-electron chi connectivity index (χ2n) is 9.23. The van der Waals surface area contributed by atoms with Crippen molar-refractivity contribution < 1.29 is 14.4 Å². The summed E-state index contributed by atoms with van der Waals surface area (Å²) in [6.45, 7) is 0.926. The Balaban J connectivity index is 1.80. The van der Waals surface area contributed by atoms with Crippen LogP contribution in [0.2, 0.25) is 5.02 Å². The van der Waals surface area contributed by atoms with E-state index in [2.05, 4.69) is 0 Å². The highest BCUT2D eigenvalue weighted by Crippen LogP contribution is 2.41. The third-order valence-electron chi connectivity index (χ3n) is 6.68. The van der Waals surface area contributed by atoms with Gasteiger partial charge in [0.25, 0.3) is 0 Å². The fraction of sp³-hybridized carbons (Fsp3) is 0.276. The lowest BCUT2D eigenvalue weighted by Crippen LogP contribution is -2.52. The minimum absolute atomic E-state index is 0.0292. The standard InChI is InChI=1S/C29H29ClN2O3/c1-31(2)26(33)19-32-17-24(28(34)21-9-5-3-6-10-21)27(20-13-15-23(30)16-14-20)25(18-32)29(35)22-11-7-4-8-12-22/h3-16,24-25,27H,17-19H2,1-2H3. The quantitative estimate of drug-likeness (QED) is 0.447. The van der Waals surface area contributed by atoms with Crippen LogP contribution in [-0.4, -0.2) is 61.0 Å². The van der Waals surface area contributed by atoms with Crippen molar-refractivity contribution in [3.63, 3.8) is 0 Å². The van der Waals surface area contributed by atoms with Crippen LogP contribution in [0.4, 0.5) is 0 Å². The molecule has 2 unspecified atom stereocenters. The lowest BCUT2D eigenvalue weighted by molar-refractivity contribution is -0.130. The number of likely N-dealkylation sites (tertiary alicyclic amines) is 1. The number of carbonyl (C=O) groups is 3. The SMILES string of the molecule is CN(C)C(=O)CN1CC(C(=O)c2ccccc2)C(c2ccc(Cl)cc2)C(C(=O)c2ccccc2)C1. The highest BCUT2D eigenvalue weighted by atomic mass is 35.5. The van der Waals surface area contributed by atoms with Gasteiger partial charge in [-0.25, -0.2) is 0 Å². The summed E-state index contributed by atoms with van der Waals surface area (Å²) >= 11 is 6.17. The van der Waals surface area contributed by atoms with Gasteiger partial charge in [0.1, 0.15) is 0 Å². The molecule has 4 rings (SSSR count). The van der Waals surface area contributed by atoms with Gasteiger partial charge in [-0.2, -0.15) is 0 Å². The zero-order valence-corrected chi connectivity index (χ0v) is 20.7. The fourth-order valence-corrected chi connectivity index (χ4v) is 5.00. The lowest BCUT2D eigenvalue weighted by Gasteiger charge is -2.43. The largest absolute Gasteiger partial charge is 0.348 e. The number of Topliss-reactive ketones (excluding diaryl/α,β-unsaturated/α-hetero) is 2. The molecule has 0 bridgehead atoms. The zero-order valence-electron chi connectivity index (χ0n) is 19.9. The first-order valence-electron chi connectivity index (χ1n) is 11.7. The van der Waals surface area contributed by atoms with Gasteiger partial charge in [0.05, 0.1) is 6.54 Å². The first-order valence-corrected chi connectivity index (χ1v) is 12.1. The molecule has 1 aliphatic rings. The van der Waals surface area contributed by atoms with E-state index < -0.39 is 11.8 Å². The van der Waals surface area contributed by atoms with Crippen molar-refractivity contribution >= 4 is 29.1 Å². The number of hydrogen-bond donors (Lipinski definition) is 0. The van der Waals surface area contributed by atoms with Gasteiger partial charge in [-0.15, -0.1) is 0 Å². The molecule has 35 heavy (non-hydrogen) atoms. The highest BCUT2D eigenvalue weighted by molar-refractivity contribution is 6.30. The second-order valence-corrected chi connectivity index (χ2v) is 9.67. The molecule has 0 N–H and O–H groups in total. The Hall–Kier alpha value is -3.28. The maximum absolute atomic E-state index is 13.9. The van der Waals surface area contributed by atoms with Crippen molar-refractivity contribution in [2.24, 2.45) is 11.8 Å². The number of amides is 1. The Morgan fingerprint density at radius 2 is 1.23 bits per heavy atom. The lowest BCUT2D eigenvalue weighted by atomic mass is 9.68. The van der Waals surface area contributed by atoms with Crippen LogP contribution < -0.4 is 0 Å². The molecule has 1 heterocycles. The molecule has 1 amide bonds. The third-order valence-corrected chi connectivity index (χ3v) is 6.93. The van der Waals surface area contributed by atoms with Crippen LogP contribution in [0.15, 0.2) is 84.9 Å². The number of piperidine rings is 1. The van der Waals surface area contributed by atoms with Gasteiger partial charge in [0, 0.05) is 61.1 Å². The average molecular weight is 489 g/mol. The number of likely N-dealkylation sites (N-methyl/N-ethyl adjacent to an activating group) is 1. The van der Waals surface area contributed by atoms with Gasteiger partial charge < -0.3 is 4.90 Å². The Bertz CT molecular complexity index is 1120. The molecule has 180 valence electrons. The van der Waals surface area contributed by atoms with Crippen molar-refractivity contribution in [3.8, 4) is 0 Å². The first-order chi connectivity index (χ1) is 16.8. The summed E-state index contributed by atoms with van der Waals surface area (Å²) in [5.41, 5.74) is 2.10. The summed E-state index contributed by atoms with van der Waals surface area (Å²) < 4.78 is 0. The molecule has 2 atom stereocenters. The second kappa shape index (κ2) is 11.0. The molecular formula is C29H29ClN2O3. The molecule has 3 aromatic carbocycles.